The maximum atomic E-state index is 12.8. The Morgan fingerprint density at radius 3 is 2.56 bits per heavy atom. The predicted octanol–water partition coefficient (Wildman–Crippen LogP) is 2.39. The second-order valence-electron chi connectivity index (χ2n) is 4.91. The van der Waals surface area contributed by atoms with Crippen LogP contribution in [0.3, 0.4) is 0 Å². The number of nitrogens with one attached hydrogen (secondary N) is 1. The van der Waals surface area contributed by atoms with E-state index in [1.165, 1.54) is 18.2 Å². The van der Waals surface area contributed by atoms with Gasteiger partial charge in [0.1, 0.15) is 5.69 Å². The third-order valence-electron chi connectivity index (χ3n) is 2.59. The van der Waals surface area contributed by atoms with E-state index >= 15 is 0 Å². The third-order valence-corrected chi connectivity index (χ3v) is 2.59. The Kier molecular flexibility index (Phi) is 3.62. The van der Waals surface area contributed by atoms with Crippen LogP contribution in [0.4, 0.5) is 4.39 Å². The molecule has 0 aliphatic carbocycles. The number of aromatic nitrogens is 1. The van der Waals surface area contributed by atoms with Gasteiger partial charge in [0.05, 0.1) is 0 Å². The van der Waals surface area contributed by atoms with Crippen molar-refractivity contribution in [2.75, 3.05) is 0 Å². The van der Waals surface area contributed by atoms with E-state index in [2.05, 4.69) is 10.3 Å². The van der Waals surface area contributed by atoms with Gasteiger partial charge in [0.2, 0.25) is 5.95 Å². The fraction of sp³-hybridized carbons (Fsp3) is 0.500. The van der Waals surface area contributed by atoms with Gasteiger partial charge >= 0.3 is 0 Å². The highest BCUT2D eigenvalue weighted by molar-refractivity contribution is 5.92. The van der Waals surface area contributed by atoms with Crippen LogP contribution in [0.25, 0.3) is 0 Å². The Bertz CT molecular complexity index is 385. The number of nitrogens with zero attached hydrogens (tertiary/aromatic N) is 1. The molecule has 0 spiro atoms. The summed E-state index contributed by atoms with van der Waals surface area (Å²) in [7, 11) is 0. The van der Waals surface area contributed by atoms with Crippen LogP contribution >= 0.6 is 0 Å². The van der Waals surface area contributed by atoms with Crippen LogP contribution in [0, 0.1) is 11.4 Å². The zero-order valence-electron chi connectivity index (χ0n) is 10.0. The summed E-state index contributed by atoms with van der Waals surface area (Å²) in [6.07, 6.45) is 0. The minimum Gasteiger partial charge on any atom is -0.348 e. The van der Waals surface area contributed by atoms with Gasteiger partial charge in [0.25, 0.3) is 5.91 Å². The Morgan fingerprint density at radius 2 is 2.06 bits per heavy atom. The van der Waals surface area contributed by atoms with Crippen molar-refractivity contribution in [1.29, 1.82) is 0 Å². The van der Waals surface area contributed by atoms with Crippen LogP contribution in [-0.2, 0) is 0 Å². The first-order chi connectivity index (χ1) is 7.30. The van der Waals surface area contributed by atoms with Gasteiger partial charge in [-0.25, -0.2) is 4.98 Å². The van der Waals surface area contributed by atoms with Crippen LogP contribution in [-0.4, -0.2) is 16.9 Å². The first-order valence-electron chi connectivity index (χ1n) is 5.24. The van der Waals surface area contributed by atoms with E-state index in [0.29, 0.717) is 0 Å². The summed E-state index contributed by atoms with van der Waals surface area (Å²) >= 11 is 0. The lowest BCUT2D eigenvalue weighted by molar-refractivity contribution is 0.0904. The van der Waals surface area contributed by atoms with Gasteiger partial charge in [-0.05, 0) is 24.5 Å². The summed E-state index contributed by atoms with van der Waals surface area (Å²) in [6.45, 7) is 7.99. The number of carbonyl (C=O) groups excluding carboxylic acids is 1. The minimum atomic E-state index is -0.643. The monoisotopic (exact) mass is 224 g/mol. The zero-order chi connectivity index (χ0) is 12.3. The van der Waals surface area contributed by atoms with Crippen molar-refractivity contribution in [3.05, 3.63) is 29.8 Å². The van der Waals surface area contributed by atoms with E-state index in [0.717, 1.165) is 0 Å². The molecule has 1 heterocycles. The first kappa shape index (κ1) is 12.6. The largest absolute Gasteiger partial charge is 0.348 e. The number of carbonyl (C=O) groups is 1. The number of hydrogen-bond acceptors (Lipinski definition) is 2. The van der Waals surface area contributed by atoms with E-state index in [1.54, 1.807) is 0 Å². The molecule has 0 saturated carbocycles. The molecule has 1 N–H and O–H groups in total. The summed E-state index contributed by atoms with van der Waals surface area (Å²) < 4.78 is 12.8. The lowest BCUT2D eigenvalue weighted by Crippen LogP contribution is -2.41. The van der Waals surface area contributed by atoms with E-state index in [9.17, 15) is 9.18 Å². The average molecular weight is 224 g/mol. The Morgan fingerprint density at radius 1 is 1.44 bits per heavy atom. The molecule has 3 nitrogen and oxygen atoms in total. The molecule has 0 aliphatic heterocycles. The Labute approximate surface area is 95.1 Å². The van der Waals surface area contributed by atoms with E-state index in [1.807, 2.05) is 27.7 Å². The Balaban J connectivity index is 2.74. The highest BCUT2D eigenvalue weighted by Crippen LogP contribution is 2.18. The molecule has 1 aromatic rings. The van der Waals surface area contributed by atoms with Crippen molar-refractivity contribution in [2.45, 2.75) is 33.7 Å². The lowest BCUT2D eigenvalue weighted by Gasteiger charge is -2.27. The molecule has 1 atom stereocenters. The van der Waals surface area contributed by atoms with Gasteiger partial charge in [-0.2, -0.15) is 4.39 Å². The lowest BCUT2D eigenvalue weighted by atomic mass is 9.88. The molecule has 88 valence electrons. The molecule has 4 heteroatoms. The van der Waals surface area contributed by atoms with Gasteiger partial charge in [-0.15, -0.1) is 0 Å². The maximum absolute atomic E-state index is 12.8. The highest BCUT2D eigenvalue weighted by Gasteiger charge is 2.22. The van der Waals surface area contributed by atoms with Gasteiger partial charge in [0, 0.05) is 6.04 Å². The molecule has 0 bridgehead atoms. The smallest absolute Gasteiger partial charge is 0.270 e. The van der Waals surface area contributed by atoms with Crippen molar-refractivity contribution >= 4 is 5.91 Å². The zero-order valence-corrected chi connectivity index (χ0v) is 10.0. The normalized spacial score (nSPS) is 13.3. The molecular weight excluding hydrogens is 207 g/mol. The van der Waals surface area contributed by atoms with Crippen molar-refractivity contribution in [1.82, 2.24) is 10.3 Å². The average Bonchev–Trinajstić information content (AvgIpc) is 2.16. The molecule has 1 unspecified atom stereocenters. The summed E-state index contributed by atoms with van der Waals surface area (Å²) in [6, 6.07) is 4.17. The van der Waals surface area contributed by atoms with Crippen LogP contribution < -0.4 is 5.32 Å². The first-order valence-corrected chi connectivity index (χ1v) is 5.24. The highest BCUT2D eigenvalue weighted by atomic mass is 19.1. The van der Waals surface area contributed by atoms with Gasteiger partial charge in [-0.1, -0.05) is 26.8 Å². The molecule has 0 aliphatic rings. The number of hydrogen-bond donors (Lipinski definition) is 1. The predicted molar refractivity (Wildman–Crippen MR) is 60.6 cm³/mol. The number of amides is 1. The fourth-order valence-electron chi connectivity index (χ4n) is 1.02. The van der Waals surface area contributed by atoms with Crippen LogP contribution in [0.2, 0.25) is 0 Å². The summed E-state index contributed by atoms with van der Waals surface area (Å²) in [5.74, 6) is -0.988. The van der Waals surface area contributed by atoms with E-state index < -0.39 is 5.95 Å². The Hall–Kier alpha value is -1.45. The molecule has 1 amide bonds. The quantitative estimate of drug-likeness (QED) is 0.784. The molecular formula is C12H17FN2O. The molecule has 1 rings (SSSR count). The molecule has 16 heavy (non-hydrogen) atoms. The van der Waals surface area contributed by atoms with Crippen LogP contribution in [0.5, 0.6) is 0 Å². The second kappa shape index (κ2) is 4.60. The van der Waals surface area contributed by atoms with Crippen molar-refractivity contribution in [2.24, 2.45) is 5.41 Å². The molecule has 0 saturated heterocycles. The molecule has 0 aromatic carbocycles. The van der Waals surface area contributed by atoms with Crippen LogP contribution in [0.1, 0.15) is 38.2 Å². The van der Waals surface area contributed by atoms with E-state index in [4.69, 9.17) is 0 Å². The summed E-state index contributed by atoms with van der Waals surface area (Å²) in [4.78, 5) is 15.2. The second-order valence-corrected chi connectivity index (χ2v) is 4.91. The number of pyridine rings is 1. The number of halogens is 1. The van der Waals surface area contributed by atoms with E-state index in [-0.39, 0.29) is 23.1 Å². The van der Waals surface area contributed by atoms with Gasteiger partial charge in [0.15, 0.2) is 0 Å². The van der Waals surface area contributed by atoms with Gasteiger partial charge in [-0.3, -0.25) is 4.79 Å². The molecule has 0 radical (unpaired) electrons. The van der Waals surface area contributed by atoms with Crippen LogP contribution in [0.15, 0.2) is 18.2 Å². The summed E-state index contributed by atoms with van der Waals surface area (Å²) in [5.41, 5.74) is 0.0688. The molecule has 0 fully saturated rings. The standard InChI is InChI=1S/C12H17FN2O/c1-8(12(2,3)4)14-11(16)9-6-5-7-10(13)15-9/h5-8H,1-4H3,(H,14,16). The topological polar surface area (TPSA) is 42.0 Å². The van der Waals surface area contributed by atoms with Gasteiger partial charge < -0.3 is 5.32 Å². The van der Waals surface area contributed by atoms with Crippen molar-refractivity contribution in [3.63, 3.8) is 0 Å². The van der Waals surface area contributed by atoms with Crippen molar-refractivity contribution < 1.29 is 9.18 Å². The maximum Gasteiger partial charge on any atom is 0.270 e. The molecule has 1 aromatic heterocycles. The summed E-state index contributed by atoms with van der Waals surface area (Å²) in [5, 5.41) is 2.80. The third kappa shape index (κ3) is 3.29. The minimum absolute atomic E-state index is 0.00920. The fourth-order valence-corrected chi connectivity index (χ4v) is 1.02. The number of rotatable bonds is 2. The van der Waals surface area contributed by atoms with Crippen molar-refractivity contribution in [3.8, 4) is 0 Å². The SMILES string of the molecule is CC(NC(=O)c1cccc(F)n1)C(C)(C)C.